The summed E-state index contributed by atoms with van der Waals surface area (Å²) in [5.41, 5.74) is 1.93. The van der Waals surface area contributed by atoms with E-state index in [1.807, 2.05) is 19.9 Å². The lowest BCUT2D eigenvalue weighted by Gasteiger charge is -2.29. The molecule has 0 aliphatic heterocycles. The molecule has 0 amide bonds. The molecule has 6 heteroatoms. The van der Waals surface area contributed by atoms with Gasteiger partial charge in [-0.25, -0.2) is 4.98 Å². The molecule has 0 saturated heterocycles. The molecule has 5 nitrogen and oxygen atoms in total. The molecule has 0 fully saturated rings. The first-order valence-electron chi connectivity index (χ1n) is 7.16. The van der Waals surface area contributed by atoms with Gasteiger partial charge in [0.25, 0.3) is 0 Å². The molecule has 0 saturated carbocycles. The van der Waals surface area contributed by atoms with Crippen LogP contribution in [0.1, 0.15) is 38.7 Å². The molecule has 0 aliphatic carbocycles. The number of aryl methyl sites for hydroxylation is 1. The molecule has 0 radical (unpaired) electrons. The lowest BCUT2D eigenvalue weighted by molar-refractivity contribution is 0.212. The molecule has 2 aromatic rings. The first-order chi connectivity index (χ1) is 9.97. The molecule has 2 heterocycles. The number of rotatable bonds is 6. The summed E-state index contributed by atoms with van der Waals surface area (Å²) in [7, 11) is 0. The van der Waals surface area contributed by atoms with Crippen LogP contribution in [-0.4, -0.2) is 32.2 Å². The number of hydrogen-bond acceptors (Lipinski definition) is 5. The number of nitrogens with zero attached hydrogens (tertiary/aromatic N) is 3. The fourth-order valence-corrected chi connectivity index (χ4v) is 2.39. The molecule has 1 unspecified atom stereocenters. The van der Waals surface area contributed by atoms with Crippen molar-refractivity contribution in [3.63, 3.8) is 0 Å². The van der Waals surface area contributed by atoms with E-state index in [1.54, 1.807) is 6.20 Å². The highest BCUT2D eigenvalue weighted by atomic mass is 35.5. The molecular formula is C15H21ClN4O. The number of halogens is 1. The third kappa shape index (κ3) is 3.80. The Balaban J connectivity index is 2.41. The number of fused-ring (bicyclic) bond motifs is 1. The second kappa shape index (κ2) is 6.54. The second-order valence-electron chi connectivity index (χ2n) is 5.67. The Morgan fingerprint density at radius 1 is 1.38 bits per heavy atom. The number of aliphatic hydroxyl groups excluding tert-OH is 1. The number of hydrogen-bond donors (Lipinski definition) is 2. The van der Waals surface area contributed by atoms with Crippen LogP contribution in [0.3, 0.4) is 0 Å². The Morgan fingerprint density at radius 2 is 2.14 bits per heavy atom. The lowest BCUT2D eigenvalue weighted by Crippen LogP contribution is -2.39. The molecular weight excluding hydrogens is 288 g/mol. The number of nitrogens with one attached hydrogen (secondary N) is 1. The number of pyridine rings is 1. The molecule has 21 heavy (non-hydrogen) atoms. The minimum absolute atomic E-state index is 0.0158. The third-order valence-electron chi connectivity index (χ3n) is 3.50. The van der Waals surface area contributed by atoms with Gasteiger partial charge in [0.1, 0.15) is 5.52 Å². The molecule has 2 N–H and O–H groups in total. The van der Waals surface area contributed by atoms with Crippen LogP contribution in [0.2, 0.25) is 5.28 Å². The SMILES string of the molecule is CCCCC(C)(CO)Nc1nc(Cl)nc2cc(C)cnc12. The van der Waals surface area contributed by atoms with Crippen LogP contribution in [0.5, 0.6) is 0 Å². The second-order valence-corrected chi connectivity index (χ2v) is 6.01. The van der Waals surface area contributed by atoms with Crippen molar-refractivity contribution in [1.82, 2.24) is 15.0 Å². The van der Waals surface area contributed by atoms with E-state index >= 15 is 0 Å². The van der Waals surface area contributed by atoms with Crippen LogP contribution in [0, 0.1) is 6.92 Å². The van der Waals surface area contributed by atoms with Crippen LogP contribution < -0.4 is 5.32 Å². The summed E-state index contributed by atoms with van der Waals surface area (Å²) >= 11 is 6.00. The molecule has 0 aliphatic rings. The van der Waals surface area contributed by atoms with Gasteiger partial charge < -0.3 is 10.4 Å². The van der Waals surface area contributed by atoms with Crippen molar-refractivity contribution in [2.45, 2.75) is 45.6 Å². The maximum absolute atomic E-state index is 9.70. The van der Waals surface area contributed by atoms with Crippen molar-refractivity contribution >= 4 is 28.5 Å². The van der Waals surface area contributed by atoms with Crippen molar-refractivity contribution < 1.29 is 5.11 Å². The molecule has 1 atom stereocenters. The predicted molar refractivity (Wildman–Crippen MR) is 85.7 cm³/mol. The summed E-state index contributed by atoms with van der Waals surface area (Å²) in [5.74, 6) is 0.567. The van der Waals surface area contributed by atoms with E-state index in [-0.39, 0.29) is 11.9 Å². The van der Waals surface area contributed by atoms with Crippen LogP contribution >= 0.6 is 11.6 Å². The van der Waals surface area contributed by atoms with Gasteiger partial charge in [0.15, 0.2) is 5.82 Å². The van der Waals surface area contributed by atoms with Gasteiger partial charge >= 0.3 is 0 Å². The standard InChI is InChI=1S/C15H21ClN4O/c1-4-5-6-15(3,9-21)20-13-12-11(18-14(16)19-13)7-10(2)8-17-12/h7-8,21H,4-6,9H2,1-3H3,(H,18,19,20). The average molecular weight is 309 g/mol. The fourth-order valence-electron chi connectivity index (χ4n) is 2.21. The molecule has 0 aromatic carbocycles. The minimum Gasteiger partial charge on any atom is -0.394 e. The summed E-state index contributed by atoms with van der Waals surface area (Å²) < 4.78 is 0. The topological polar surface area (TPSA) is 70.9 Å². The van der Waals surface area contributed by atoms with Crippen LogP contribution in [-0.2, 0) is 0 Å². The van der Waals surface area contributed by atoms with E-state index in [0.717, 1.165) is 24.8 Å². The van der Waals surface area contributed by atoms with E-state index in [9.17, 15) is 5.11 Å². The minimum atomic E-state index is -0.451. The van der Waals surface area contributed by atoms with Gasteiger partial charge in [0.2, 0.25) is 5.28 Å². The van der Waals surface area contributed by atoms with Crippen LogP contribution in [0.15, 0.2) is 12.3 Å². The monoisotopic (exact) mass is 308 g/mol. The molecule has 0 bridgehead atoms. The zero-order valence-corrected chi connectivity index (χ0v) is 13.4. The zero-order valence-electron chi connectivity index (χ0n) is 12.6. The molecule has 2 aromatic heterocycles. The van der Waals surface area contributed by atoms with E-state index < -0.39 is 5.54 Å². The Hall–Kier alpha value is -1.46. The lowest BCUT2D eigenvalue weighted by atomic mass is 9.96. The molecule has 0 spiro atoms. The van der Waals surface area contributed by atoms with Crippen molar-refractivity contribution in [3.8, 4) is 0 Å². The van der Waals surface area contributed by atoms with E-state index in [0.29, 0.717) is 16.9 Å². The van der Waals surface area contributed by atoms with E-state index in [2.05, 4.69) is 27.2 Å². The van der Waals surface area contributed by atoms with Gasteiger partial charge in [-0.1, -0.05) is 19.8 Å². The van der Waals surface area contributed by atoms with Gasteiger partial charge in [-0.2, -0.15) is 4.98 Å². The highest BCUT2D eigenvalue weighted by Gasteiger charge is 2.24. The van der Waals surface area contributed by atoms with Crippen molar-refractivity contribution in [3.05, 3.63) is 23.1 Å². The third-order valence-corrected chi connectivity index (χ3v) is 3.67. The Kier molecular flexibility index (Phi) is 4.96. The number of unbranched alkanes of at least 4 members (excludes halogenated alkanes) is 1. The number of aliphatic hydroxyl groups is 1. The summed E-state index contributed by atoms with van der Waals surface area (Å²) in [6.45, 7) is 6.06. The number of anilines is 1. The van der Waals surface area contributed by atoms with Gasteiger partial charge in [-0.3, -0.25) is 4.98 Å². The highest BCUT2D eigenvalue weighted by molar-refractivity contribution is 6.28. The maximum atomic E-state index is 9.70. The van der Waals surface area contributed by atoms with E-state index in [4.69, 9.17) is 11.6 Å². The summed E-state index contributed by atoms with van der Waals surface area (Å²) in [6.07, 6.45) is 4.70. The summed E-state index contributed by atoms with van der Waals surface area (Å²) in [4.78, 5) is 12.8. The summed E-state index contributed by atoms with van der Waals surface area (Å²) in [6, 6.07) is 1.92. The predicted octanol–water partition coefficient (Wildman–Crippen LogP) is 3.34. The fraction of sp³-hybridized carbons (Fsp3) is 0.533. The van der Waals surface area contributed by atoms with E-state index in [1.165, 1.54) is 0 Å². The van der Waals surface area contributed by atoms with Gasteiger partial charge in [0.05, 0.1) is 17.7 Å². The summed E-state index contributed by atoms with van der Waals surface area (Å²) in [5, 5.41) is 13.2. The Morgan fingerprint density at radius 3 is 2.81 bits per heavy atom. The van der Waals surface area contributed by atoms with Crippen molar-refractivity contribution in [2.75, 3.05) is 11.9 Å². The van der Waals surface area contributed by atoms with Crippen LogP contribution in [0.25, 0.3) is 11.0 Å². The van der Waals surface area contributed by atoms with Crippen molar-refractivity contribution in [1.29, 1.82) is 0 Å². The first-order valence-corrected chi connectivity index (χ1v) is 7.54. The van der Waals surface area contributed by atoms with Gasteiger partial charge in [0, 0.05) is 6.20 Å². The quantitative estimate of drug-likeness (QED) is 0.801. The largest absolute Gasteiger partial charge is 0.394 e. The Bertz CT molecular complexity index is 629. The van der Waals surface area contributed by atoms with Gasteiger partial charge in [-0.15, -0.1) is 0 Å². The highest BCUT2D eigenvalue weighted by Crippen LogP contribution is 2.25. The molecule has 114 valence electrons. The molecule has 2 rings (SSSR count). The zero-order chi connectivity index (χ0) is 15.5. The van der Waals surface area contributed by atoms with Gasteiger partial charge in [-0.05, 0) is 43.5 Å². The van der Waals surface area contributed by atoms with Crippen molar-refractivity contribution in [2.24, 2.45) is 0 Å². The number of aromatic nitrogens is 3. The normalized spacial score (nSPS) is 14.1. The first kappa shape index (κ1) is 15.9. The maximum Gasteiger partial charge on any atom is 0.225 e. The smallest absolute Gasteiger partial charge is 0.225 e. The van der Waals surface area contributed by atoms with Crippen LogP contribution in [0.4, 0.5) is 5.82 Å². The Labute approximate surface area is 129 Å². The average Bonchev–Trinajstić information content (AvgIpc) is 2.44.